The average Bonchev–Trinajstić information content (AvgIpc) is 0.746. The molecular weight excluding hydrogens is 2510 g/mol. The van der Waals surface area contributed by atoms with E-state index in [1.54, 1.807) is 0 Å². The van der Waals surface area contributed by atoms with Crippen molar-refractivity contribution in [3.05, 3.63) is 458 Å². The molecule has 4 nitrogen and oxygen atoms in total. The van der Waals surface area contributed by atoms with Gasteiger partial charge in [-0.15, -0.1) is 56.9 Å². The van der Waals surface area contributed by atoms with Crippen LogP contribution in [0.2, 0.25) is 0 Å². The van der Waals surface area contributed by atoms with Crippen molar-refractivity contribution in [2.45, 2.75) is 52.6 Å². The van der Waals surface area contributed by atoms with Crippen LogP contribution in [0.5, 0.6) is 0 Å². The second-order valence-electron chi connectivity index (χ2n) is 29.2. The van der Waals surface area contributed by atoms with Gasteiger partial charge in [0, 0.05) is 103 Å². The molecule has 0 aliphatic rings. The molecule has 14 aromatic rings. The van der Waals surface area contributed by atoms with Crippen LogP contribution in [-0.2, 0) is 64.2 Å². The molecule has 0 fully saturated rings. The predicted octanol–water partition coefficient (Wildman–Crippen LogP) is 33.8. The third kappa shape index (κ3) is 60.2. The summed E-state index contributed by atoms with van der Waals surface area (Å²) in [6.07, 6.45) is 0. The largest absolute Gasteiger partial charge is 1.00 e. The summed E-state index contributed by atoms with van der Waals surface area (Å²) in [4.78, 5) is 6.54. The minimum absolute atomic E-state index is 0. The standard InChI is InChI=1S/2C26H20NP2.2C18H15P.2C5H9N.2CH2Cl2.2Au.3F6P.Ru/c2*27-21-26(28(22-13-5-1-6-14-22)23-15-7-2-8-16-23)29(24-17-9-3-10-18-24)25-19-11-4-12-20-25;2*1-4-10-16(11-5-1)19(17-12-6-2-7-13-17)18-14-8-3-9-15-18;2*1-5(2,3)6-4;2*2-1-3;;;3*1-7(2,3,4,5)6;/h2*1-20H;2*1-15H;2*1-3H3;2*1H2;;;;;;/q2*+1;;;;;;;2*+1;3*-1;. The summed E-state index contributed by atoms with van der Waals surface area (Å²) < 4.78 is 178. The van der Waals surface area contributed by atoms with Crippen molar-refractivity contribution >= 4 is 192 Å². The second kappa shape index (κ2) is 58.4. The van der Waals surface area contributed by atoms with Crippen molar-refractivity contribution in [2.24, 2.45) is 0 Å². The van der Waals surface area contributed by atoms with Crippen LogP contribution in [0.3, 0.4) is 0 Å². The molecule has 0 saturated heterocycles. The first-order valence-corrected chi connectivity index (χ1v) is 56.0. The summed E-state index contributed by atoms with van der Waals surface area (Å²) >= 11 is 19.1. The molecule has 0 atom stereocenters. The maximum atomic E-state index is 10.5. The van der Waals surface area contributed by atoms with Crippen LogP contribution in [-0.4, -0.2) is 21.8 Å². The number of alkyl halides is 4. The zero-order valence-electron chi connectivity index (χ0n) is 73.9. The summed E-state index contributed by atoms with van der Waals surface area (Å²) in [5.74, 6) is 0. The summed E-state index contributed by atoms with van der Waals surface area (Å²) in [7, 11) is -36.5. The van der Waals surface area contributed by atoms with Crippen molar-refractivity contribution in [1.82, 2.24) is 0 Å². The van der Waals surface area contributed by atoms with Gasteiger partial charge in [-0.05, 0) is 47.7 Å². The van der Waals surface area contributed by atoms with E-state index < -0.39 is 71.0 Å². The number of hydrogen-bond acceptors (Lipinski definition) is 2. The minimum Gasteiger partial charge on any atom is -0.311 e. The summed E-state index contributed by atoms with van der Waals surface area (Å²) in [5.41, 5.74) is -0.333. The Morgan fingerprint density at radius 3 is 0.370 bits per heavy atom. The smallest absolute Gasteiger partial charge is 0.311 e. The fourth-order valence-corrected chi connectivity index (χ4v) is 27.2. The van der Waals surface area contributed by atoms with Gasteiger partial charge in [-0.2, -0.15) is 0 Å². The number of hydrogen-bond donors (Lipinski definition) is 0. The van der Waals surface area contributed by atoms with E-state index in [1.807, 2.05) is 90.1 Å². The van der Waals surface area contributed by atoms with E-state index in [2.05, 4.69) is 398 Å². The van der Waals surface area contributed by atoms with Gasteiger partial charge in [0.2, 0.25) is 11.1 Å². The van der Waals surface area contributed by atoms with Gasteiger partial charge in [-0.3, -0.25) is 0 Å². The molecule has 0 saturated carbocycles. The fraction of sp³-hybridized carbons (Fsp3) is 0.100. The Kier molecular flexibility index (Phi) is 54.5. The zero-order valence-corrected chi connectivity index (χ0v) is 91.1. The van der Waals surface area contributed by atoms with Crippen molar-refractivity contribution in [3.8, 4) is 12.1 Å². The van der Waals surface area contributed by atoms with E-state index in [1.165, 1.54) is 74.3 Å². The molecule has 0 heterocycles. The average molecular weight is 2610 g/mol. The molecule has 0 radical (unpaired) electrons. The number of rotatable bonds is 18. The van der Waals surface area contributed by atoms with Gasteiger partial charge in [-0.1, -0.05) is 425 Å². The first-order valence-electron chi connectivity index (χ1n) is 39.7. The monoisotopic (exact) mass is 2610 g/mol. The van der Waals surface area contributed by atoms with Crippen LogP contribution < -0.4 is 74.3 Å². The van der Waals surface area contributed by atoms with E-state index in [0.717, 1.165) is 10.8 Å². The second-order valence-corrected chi connectivity index (χ2v) is 50.3. The van der Waals surface area contributed by atoms with Crippen LogP contribution in [0.4, 0.5) is 75.5 Å². The number of halogens is 22. The molecule has 0 aliphatic heterocycles. The molecule has 740 valence electrons. The predicted molar refractivity (Wildman–Crippen MR) is 551 cm³/mol. The van der Waals surface area contributed by atoms with Gasteiger partial charge in [-0.25, -0.2) is 13.1 Å². The van der Waals surface area contributed by atoms with Gasteiger partial charge in [0.25, 0.3) is 22.9 Å². The van der Waals surface area contributed by atoms with Crippen molar-refractivity contribution < 1.29 is 140 Å². The van der Waals surface area contributed by atoms with E-state index >= 15 is 0 Å². The Labute approximate surface area is 867 Å². The maximum Gasteiger partial charge on any atom is 1.00 e. The van der Waals surface area contributed by atoms with Gasteiger partial charge in [0.15, 0.2) is 31.7 Å². The molecule has 14 aromatic carbocycles. The zero-order chi connectivity index (χ0) is 101. The number of benzene rings is 14. The van der Waals surface area contributed by atoms with E-state index in [0.29, 0.717) is 0 Å². The molecule has 0 spiro atoms. The molecule has 0 N–H and O–H groups in total. The summed E-state index contributed by atoms with van der Waals surface area (Å²) in [5, 5.41) is 41.3. The molecule has 0 bridgehead atoms. The minimum atomic E-state index is -10.7. The third-order valence-corrected chi connectivity index (χ3v) is 31.8. The Morgan fingerprint density at radius 2 is 0.304 bits per heavy atom. The SMILES string of the molecule is ClCCl.ClCCl.F[P-](F)(F)(F)(F)F.F[P-](F)(F)(F)(F)F.F[P-](F)(F)(F)(F)F.N#C[C+](P(c1ccccc1)c1ccccc1)P(c1ccccc1)c1ccccc1.N#C[C+](P(c1ccccc1)c1ccccc1)P(c1ccccc1)c1ccccc1.[Au+].[Au+].[C-]#[N+]C(C)(C)C.[C-]#[N+]C(C)(C)C.[Ru].c1ccc(P(c2ccccc2)c2ccccc2)cc1.c1ccc(P(c2ccccc2)c2ccccc2)cc1. The Balaban J connectivity index is 0.000000816. The van der Waals surface area contributed by atoms with Crippen molar-refractivity contribution in [3.63, 3.8) is 0 Å². The molecule has 0 unspecified atom stereocenters. The summed E-state index contributed by atoms with van der Waals surface area (Å²) in [6.45, 7) is 24.3. The van der Waals surface area contributed by atoms with Crippen molar-refractivity contribution in [2.75, 3.05) is 10.7 Å². The van der Waals surface area contributed by atoms with Gasteiger partial charge in [0.05, 0.1) is 10.7 Å². The number of nitriles is 2. The normalized spacial score (nSPS) is 12.1. The molecular formula is C100H92Au2Cl4F18N4P9Ru+. The van der Waals surface area contributed by atoms with Gasteiger partial charge >= 0.3 is 144 Å². The molecule has 138 heavy (non-hydrogen) atoms. The van der Waals surface area contributed by atoms with E-state index in [4.69, 9.17) is 59.5 Å². The Morgan fingerprint density at radius 1 is 0.232 bits per heavy atom. The fourth-order valence-electron chi connectivity index (χ4n) is 10.9. The summed E-state index contributed by atoms with van der Waals surface area (Å²) in [6, 6.07) is 154. The quantitative estimate of drug-likeness (QED) is 0.0283. The Hall–Kier alpha value is -7.35. The van der Waals surface area contributed by atoms with E-state index in [-0.39, 0.29) is 86.0 Å². The van der Waals surface area contributed by atoms with Gasteiger partial charge < -0.3 is 9.69 Å². The first kappa shape index (κ1) is 129. The number of nitrogens with zero attached hydrogens (tertiary/aromatic N) is 4. The molecule has 0 aliphatic carbocycles. The Bertz CT molecular complexity index is 4960. The van der Waals surface area contributed by atoms with Crippen molar-refractivity contribution in [1.29, 1.82) is 10.5 Å². The van der Waals surface area contributed by atoms with Crippen LogP contribution >= 0.6 is 117 Å². The van der Waals surface area contributed by atoms with Gasteiger partial charge in [0.1, 0.15) is 0 Å². The van der Waals surface area contributed by atoms with Crippen LogP contribution in [0, 0.1) is 46.6 Å². The van der Waals surface area contributed by atoms with Crippen LogP contribution in [0.15, 0.2) is 425 Å². The topological polar surface area (TPSA) is 56.3 Å². The third-order valence-electron chi connectivity index (χ3n) is 15.9. The van der Waals surface area contributed by atoms with Crippen LogP contribution in [0.1, 0.15) is 41.5 Å². The molecule has 38 heteroatoms. The molecule has 0 aromatic heterocycles. The molecule has 0 amide bonds. The van der Waals surface area contributed by atoms with E-state index in [9.17, 15) is 86.1 Å². The van der Waals surface area contributed by atoms with Crippen LogP contribution in [0.25, 0.3) is 9.69 Å². The molecule has 14 rings (SSSR count). The first-order chi connectivity index (χ1) is 63.0. The maximum absolute atomic E-state index is 10.7.